The van der Waals surface area contributed by atoms with Crippen molar-refractivity contribution in [3.05, 3.63) is 42.1 Å². The first-order valence-corrected chi connectivity index (χ1v) is 9.62. The van der Waals surface area contributed by atoms with Gasteiger partial charge in [-0.3, -0.25) is 14.7 Å². The molecular formula is C21H27N3O2. The van der Waals surface area contributed by atoms with Crippen molar-refractivity contribution in [3.63, 3.8) is 0 Å². The molecule has 2 aliphatic rings. The number of para-hydroxylation sites is 1. The van der Waals surface area contributed by atoms with Gasteiger partial charge < -0.3 is 10.0 Å². The highest BCUT2D eigenvalue weighted by Crippen LogP contribution is 2.29. The lowest BCUT2D eigenvalue weighted by Crippen LogP contribution is -2.45. The smallest absolute Gasteiger partial charge is 0.219 e. The number of carbonyl (C=O) groups is 1. The third kappa shape index (κ3) is 3.46. The zero-order valence-electron chi connectivity index (χ0n) is 15.3. The molecule has 2 aromatic rings. The van der Waals surface area contributed by atoms with Gasteiger partial charge in [-0.05, 0) is 37.0 Å². The van der Waals surface area contributed by atoms with E-state index >= 15 is 0 Å². The molecule has 0 bridgehead atoms. The summed E-state index contributed by atoms with van der Waals surface area (Å²) in [5.74, 6) is 0.430. The number of hydrogen-bond acceptors (Lipinski definition) is 4. The highest BCUT2D eigenvalue weighted by molar-refractivity contribution is 5.81. The van der Waals surface area contributed by atoms with Crippen LogP contribution in [0.4, 0.5) is 0 Å². The predicted molar refractivity (Wildman–Crippen MR) is 102 cm³/mol. The van der Waals surface area contributed by atoms with Crippen molar-refractivity contribution >= 4 is 16.8 Å². The molecule has 1 N–H and O–H groups in total. The minimum absolute atomic E-state index is 0.173. The Kier molecular flexibility index (Phi) is 4.92. The number of hydrogen-bond donors (Lipinski definition) is 1. The molecule has 0 aliphatic carbocycles. The minimum Gasteiger partial charge on any atom is -0.391 e. The molecule has 1 amide bonds. The van der Waals surface area contributed by atoms with Gasteiger partial charge in [-0.15, -0.1) is 0 Å². The predicted octanol–water partition coefficient (Wildman–Crippen LogP) is 2.08. The summed E-state index contributed by atoms with van der Waals surface area (Å²) in [7, 11) is 0. The van der Waals surface area contributed by atoms with Crippen LogP contribution in [0.3, 0.4) is 0 Å². The molecule has 1 aromatic heterocycles. The van der Waals surface area contributed by atoms with Gasteiger partial charge in [0.2, 0.25) is 5.91 Å². The zero-order valence-corrected chi connectivity index (χ0v) is 15.3. The van der Waals surface area contributed by atoms with Crippen LogP contribution < -0.4 is 0 Å². The number of aromatic nitrogens is 1. The Labute approximate surface area is 154 Å². The number of rotatable bonds is 3. The van der Waals surface area contributed by atoms with Crippen molar-refractivity contribution in [1.82, 2.24) is 14.8 Å². The molecule has 0 saturated carbocycles. The number of benzene rings is 1. The van der Waals surface area contributed by atoms with Crippen molar-refractivity contribution in [2.24, 2.45) is 5.92 Å². The number of aliphatic hydroxyl groups is 1. The Morgan fingerprint density at radius 3 is 2.73 bits per heavy atom. The topological polar surface area (TPSA) is 56.7 Å². The molecule has 2 atom stereocenters. The maximum atomic E-state index is 11.5. The van der Waals surface area contributed by atoms with Gasteiger partial charge in [-0.25, -0.2) is 0 Å². The third-order valence-electron chi connectivity index (χ3n) is 6.08. The molecule has 138 valence electrons. The number of piperidine rings is 1. The van der Waals surface area contributed by atoms with E-state index in [4.69, 9.17) is 0 Å². The lowest BCUT2D eigenvalue weighted by molar-refractivity contribution is -0.130. The van der Waals surface area contributed by atoms with Gasteiger partial charge in [-0.2, -0.15) is 0 Å². The number of amides is 1. The molecule has 5 nitrogen and oxygen atoms in total. The highest BCUT2D eigenvalue weighted by atomic mass is 16.3. The second kappa shape index (κ2) is 7.33. The van der Waals surface area contributed by atoms with Gasteiger partial charge in [0.15, 0.2) is 0 Å². The van der Waals surface area contributed by atoms with E-state index in [-0.39, 0.29) is 17.9 Å². The largest absolute Gasteiger partial charge is 0.391 e. The fourth-order valence-electron chi connectivity index (χ4n) is 4.55. The summed E-state index contributed by atoms with van der Waals surface area (Å²) in [5.41, 5.74) is 2.29. The Morgan fingerprint density at radius 1 is 1.19 bits per heavy atom. The Hall–Kier alpha value is -1.98. The number of β-amino-alcohol motifs (C(OH)–C–C–N with tert-alkyl or cyclic N) is 1. The molecular weight excluding hydrogens is 326 g/mol. The van der Waals surface area contributed by atoms with Gasteiger partial charge in [0.1, 0.15) is 0 Å². The third-order valence-corrected chi connectivity index (χ3v) is 6.08. The first-order valence-electron chi connectivity index (χ1n) is 9.62. The maximum Gasteiger partial charge on any atom is 0.219 e. The minimum atomic E-state index is -0.284. The Balaban J connectivity index is 1.42. The lowest BCUT2D eigenvalue weighted by atomic mass is 9.94. The maximum absolute atomic E-state index is 11.5. The first-order chi connectivity index (χ1) is 12.6. The molecule has 3 heterocycles. The summed E-state index contributed by atoms with van der Waals surface area (Å²) < 4.78 is 0. The zero-order chi connectivity index (χ0) is 18.1. The van der Waals surface area contributed by atoms with Gasteiger partial charge in [0.25, 0.3) is 0 Å². The second-order valence-corrected chi connectivity index (χ2v) is 7.71. The monoisotopic (exact) mass is 353 g/mol. The Morgan fingerprint density at radius 2 is 1.96 bits per heavy atom. The van der Waals surface area contributed by atoms with E-state index in [1.165, 1.54) is 10.9 Å². The number of aliphatic hydroxyl groups excluding tert-OH is 1. The molecule has 26 heavy (non-hydrogen) atoms. The van der Waals surface area contributed by atoms with Crippen LogP contribution >= 0.6 is 0 Å². The standard InChI is InChI=1S/C21H27N3O2/c1-15(25)23-10-7-18(8-11-23)24-13-17(21(26)14-24)12-16-6-9-22-20-5-3-2-4-19(16)20/h2-6,9,17-18,21,26H,7-8,10-14H2,1H3. The second-order valence-electron chi connectivity index (χ2n) is 7.71. The van der Waals surface area contributed by atoms with Crippen LogP contribution in [0, 0.1) is 5.92 Å². The number of likely N-dealkylation sites (tertiary alicyclic amines) is 2. The van der Waals surface area contributed by atoms with Gasteiger partial charge in [0, 0.05) is 56.6 Å². The van der Waals surface area contributed by atoms with Crippen LogP contribution in [0.25, 0.3) is 10.9 Å². The summed E-state index contributed by atoms with van der Waals surface area (Å²) in [4.78, 5) is 20.3. The quantitative estimate of drug-likeness (QED) is 0.918. The van der Waals surface area contributed by atoms with Crippen LogP contribution in [0.15, 0.2) is 36.5 Å². The van der Waals surface area contributed by atoms with E-state index in [9.17, 15) is 9.90 Å². The molecule has 2 unspecified atom stereocenters. The molecule has 0 spiro atoms. The molecule has 0 radical (unpaired) electrons. The molecule has 1 aromatic carbocycles. The van der Waals surface area contributed by atoms with Crippen molar-refractivity contribution in [2.75, 3.05) is 26.2 Å². The molecule has 4 rings (SSSR count). The van der Waals surface area contributed by atoms with E-state index in [0.29, 0.717) is 6.04 Å². The van der Waals surface area contributed by atoms with Gasteiger partial charge in [0.05, 0.1) is 11.6 Å². The number of pyridine rings is 1. The molecule has 2 fully saturated rings. The van der Waals surface area contributed by atoms with Gasteiger partial charge in [-0.1, -0.05) is 18.2 Å². The van der Waals surface area contributed by atoms with E-state index in [0.717, 1.165) is 51.0 Å². The normalized spacial score (nSPS) is 25.1. The molecule has 2 aliphatic heterocycles. The SMILES string of the molecule is CC(=O)N1CCC(N2CC(O)C(Cc3ccnc4ccccc34)C2)CC1. The average molecular weight is 353 g/mol. The summed E-state index contributed by atoms with van der Waals surface area (Å²) >= 11 is 0. The lowest BCUT2D eigenvalue weighted by Gasteiger charge is -2.36. The van der Waals surface area contributed by atoms with Crippen molar-refractivity contribution in [2.45, 2.75) is 38.3 Å². The first kappa shape index (κ1) is 17.4. The van der Waals surface area contributed by atoms with Gasteiger partial charge >= 0.3 is 0 Å². The summed E-state index contributed by atoms with van der Waals surface area (Å²) in [6, 6.07) is 10.8. The van der Waals surface area contributed by atoms with Crippen LogP contribution in [0.1, 0.15) is 25.3 Å². The molecule has 5 heteroatoms. The summed E-state index contributed by atoms with van der Waals surface area (Å²) in [6.45, 7) is 5.01. The van der Waals surface area contributed by atoms with Crippen LogP contribution in [0.2, 0.25) is 0 Å². The molecule has 2 saturated heterocycles. The summed E-state index contributed by atoms with van der Waals surface area (Å²) in [6.07, 6.45) is 4.49. The fraction of sp³-hybridized carbons (Fsp3) is 0.524. The number of fused-ring (bicyclic) bond motifs is 1. The summed E-state index contributed by atoms with van der Waals surface area (Å²) in [5, 5.41) is 11.8. The van der Waals surface area contributed by atoms with Crippen LogP contribution in [0.5, 0.6) is 0 Å². The highest BCUT2D eigenvalue weighted by Gasteiger charge is 2.36. The average Bonchev–Trinajstić information content (AvgIpc) is 3.03. The van der Waals surface area contributed by atoms with E-state index in [2.05, 4.69) is 22.0 Å². The van der Waals surface area contributed by atoms with Crippen molar-refractivity contribution in [1.29, 1.82) is 0 Å². The Bertz CT molecular complexity index is 780. The van der Waals surface area contributed by atoms with Crippen molar-refractivity contribution in [3.8, 4) is 0 Å². The van der Waals surface area contributed by atoms with E-state index < -0.39 is 0 Å². The number of carbonyl (C=O) groups excluding carboxylic acids is 1. The van der Waals surface area contributed by atoms with Crippen LogP contribution in [-0.2, 0) is 11.2 Å². The van der Waals surface area contributed by atoms with E-state index in [1.54, 1.807) is 6.92 Å². The van der Waals surface area contributed by atoms with Crippen LogP contribution in [-0.4, -0.2) is 64.1 Å². The fourth-order valence-corrected chi connectivity index (χ4v) is 4.55. The number of nitrogens with zero attached hydrogens (tertiary/aromatic N) is 3. The van der Waals surface area contributed by atoms with Crippen molar-refractivity contribution < 1.29 is 9.90 Å². The van der Waals surface area contributed by atoms with E-state index in [1.807, 2.05) is 29.3 Å².